The first kappa shape index (κ1) is 24.9. The molecule has 0 aliphatic heterocycles. The van der Waals surface area contributed by atoms with Gasteiger partial charge in [-0.15, -0.1) is 0 Å². The van der Waals surface area contributed by atoms with Gasteiger partial charge in [-0.25, -0.2) is 8.78 Å². The highest BCUT2D eigenvalue weighted by Gasteiger charge is 2.20. The highest BCUT2D eigenvalue weighted by molar-refractivity contribution is 7.90. The quantitative estimate of drug-likeness (QED) is 0.332. The summed E-state index contributed by atoms with van der Waals surface area (Å²) in [6.07, 6.45) is 0.613. The number of halogens is 2. The molecule has 5 N–H and O–H groups in total. The number of hydrogen-bond donors (Lipinski definition) is 4. The molecule has 8 nitrogen and oxygen atoms in total. The van der Waals surface area contributed by atoms with Crippen LogP contribution in [0.1, 0.15) is 29.3 Å². The Hall–Kier alpha value is -3.70. The molecule has 0 spiro atoms. The van der Waals surface area contributed by atoms with E-state index in [9.17, 15) is 22.0 Å². The van der Waals surface area contributed by atoms with Crippen molar-refractivity contribution in [2.24, 2.45) is 5.73 Å². The fourth-order valence-corrected chi connectivity index (χ4v) is 4.04. The average Bonchev–Trinajstić information content (AvgIpc) is 2.73. The molecule has 180 valence electrons. The van der Waals surface area contributed by atoms with E-state index in [1.165, 1.54) is 36.4 Å². The van der Waals surface area contributed by atoms with Gasteiger partial charge in [-0.3, -0.25) is 9.52 Å². The molecule has 0 unspecified atom stereocenters. The SMILES string of the molecule is CCCNS(=O)(=O)Nc1cccc(Oc2cc(F)cc(Nc3ccc(C)cc3F)c2C(N)=O)c1. The largest absolute Gasteiger partial charge is 0.456 e. The number of benzene rings is 3. The number of aryl methyl sites for hydroxylation is 1. The molecule has 0 radical (unpaired) electrons. The minimum absolute atomic E-state index is 0.0145. The minimum atomic E-state index is -3.80. The molecule has 0 aromatic heterocycles. The number of rotatable bonds is 10. The van der Waals surface area contributed by atoms with Crippen molar-refractivity contribution in [3.63, 3.8) is 0 Å². The van der Waals surface area contributed by atoms with Crippen LogP contribution in [0.15, 0.2) is 54.6 Å². The third kappa shape index (κ3) is 6.42. The Morgan fingerprint density at radius 2 is 1.82 bits per heavy atom. The van der Waals surface area contributed by atoms with Crippen LogP contribution in [0.3, 0.4) is 0 Å². The Bertz CT molecular complexity index is 1320. The van der Waals surface area contributed by atoms with Crippen LogP contribution in [0.4, 0.5) is 25.8 Å². The van der Waals surface area contributed by atoms with Gasteiger partial charge in [-0.05, 0) is 49.2 Å². The number of ether oxygens (including phenoxy) is 1. The molecule has 11 heteroatoms. The Morgan fingerprint density at radius 3 is 2.50 bits per heavy atom. The van der Waals surface area contributed by atoms with E-state index in [-0.39, 0.29) is 40.7 Å². The Kier molecular flexibility index (Phi) is 7.69. The molecule has 34 heavy (non-hydrogen) atoms. The van der Waals surface area contributed by atoms with Crippen molar-refractivity contribution in [2.45, 2.75) is 20.3 Å². The van der Waals surface area contributed by atoms with Crippen LogP contribution < -0.4 is 25.2 Å². The summed E-state index contributed by atoms with van der Waals surface area (Å²) in [5.74, 6) is -2.43. The Labute approximate surface area is 196 Å². The number of nitrogens with one attached hydrogen (secondary N) is 3. The van der Waals surface area contributed by atoms with Crippen LogP contribution in [0, 0.1) is 18.6 Å². The van der Waals surface area contributed by atoms with E-state index in [2.05, 4.69) is 14.8 Å². The molecule has 0 saturated heterocycles. The minimum Gasteiger partial charge on any atom is -0.456 e. The number of nitrogens with two attached hydrogens (primary N) is 1. The number of amides is 1. The fourth-order valence-electron chi connectivity index (χ4n) is 3.06. The lowest BCUT2D eigenvalue weighted by molar-refractivity contribution is 0.0999. The maximum atomic E-state index is 14.4. The molecule has 0 aliphatic carbocycles. The molecule has 3 aromatic carbocycles. The molecule has 3 aromatic rings. The van der Waals surface area contributed by atoms with Crippen molar-refractivity contribution in [3.8, 4) is 11.5 Å². The molecule has 0 bridgehead atoms. The summed E-state index contributed by atoms with van der Waals surface area (Å²) in [4.78, 5) is 12.2. The van der Waals surface area contributed by atoms with Crippen molar-refractivity contribution in [1.82, 2.24) is 4.72 Å². The second-order valence-electron chi connectivity index (χ2n) is 7.43. The van der Waals surface area contributed by atoms with Gasteiger partial charge < -0.3 is 15.8 Å². The summed E-state index contributed by atoms with van der Waals surface area (Å²) < 4.78 is 63.2. The number of hydrogen-bond acceptors (Lipinski definition) is 5. The maximum Gasteiger partial charge on any atom is 0.299 e. The van der Waals surface area contributed by atoms with E-state index in [0.717, 1.165) is 12.1 Å². The van der Waals surface area contributed by atoms with Crippen LogP contribution in [0.2, 0.25) is 0 Å². The third-order valence-corrected chi connectivity index (χ3v) is 5.65. The van der Waals surface area contributed by atoms with Gasteiger partial charge in [0, 0.05) is 18.7 Å². The summed E-state index contributed by atoms with van der Waals surface area (Å²) in [7, 11) is -3.80. The third-order valence-electron chi connectivity index (χ3n) is 4.56. The van der Waals surface area contributed by atoms with Gasteiger partial charge in [-0.2, -0.15) is 13.1 Å². The molecule has 0 fully saturated rings. The second-order valence-corrected chi connectivity index (χ2v) is 8.93. The Balaban J connectivity index is 1.94. The van der Waals surface area contributed by atoms with Gasteiger partial charge in [-0.1, -0.05) is 19.1 Å². The first-order chi connectivity index (χ1) is 16.1. The topological polar surface area (TPSA) is 123 Å². The van der Waals surface area contributed by atoms with Crippen LogP contribution >= 0.6 is 0 Å². The van der Waals surface area contributed by atoms with Gasteiger partial charge >= 0.3 is 0 Å². The maximum absolute atomic E-state index is 14.4. The van der Waals surface area contributed by atoms with Crippen molar-refractivity contribution in [1.29, 1.82) is 0 Å². The lowest BCUT2D eigenvalue weighted by Gasteiger charge is -2.16. The molecule has 0 atom stereocenters. The van der Waals surface area contributed by atoms with Gasteiger partial charge in [0.25, 0.3) is 16.1 Å². The zero-order chi connectivity index (χ0) is 24.9. The van der Waals surface area contributed by atoms with Crippen molar-refractivity contribution in [3.05, 3.63) is 77.4 Å². The van der Waals surface area contributed by atoms with E-state index in [0.29, 0.717) is 12.0 Å². The number of anilines is 3. The molecule has 1 amide bonds. The molecule has 0 heterocycles. The smallest absolute Gasteiger partial charge is 0.299 e. The van der Waals surface area contributed by atoms with Crippen LogP contribution in [0.5, 0.6) is 11.5 Å². The van der Waals surface area contributed by atoms with Gasteiger partial charge in [0.1, 0.15) is 28.7 Å². The summed E-state index contributed by atoms with van der Waals surface area (Å²) in [5, 5.41) is 2.68. The number of carbonyl (C=O) groups excluding carboxylic acids is 1. The predicted molar refractivity (Wildman–Crippen MR) is 127 cm³/mol. The van der Waals surface area contributed by atoms with Gasteiger partial charge in [0.15, 0.2) is 0 Å². The Morgan fingerprint density at radius 1 is 1.06 bits per heavy atom. The van der Waals surface area contributed by atoms with Gasteiger partial charge in [0.2, 0.25) is 0 Å². The molecule has 0 aliphatic rings. The predicted octanol–water partition coefficient (Wildman–Crippen LogP) is 4.56. The van der Waals surface area contributed by atoms with E-state index in [1.807, 2.05) is 6.92 Å². The van der Waals surface area contributed by atoms with Crippen LogP contribution in [-0.4, -0.2) is 20.9 Å². The number of carbonyl (C=O) groups is 1. The highest BCUT2D eigenvalue weighted by atomic mass is 32.2. The summed E-state index contributed by atoms with van der Waals surface area (Å²) in [6, 6.07) is 12.2. The standard InChI is InChI=1S/C23H24F2N4O4S/c1-3-9-27-34(31,32)29-16-5-4-6-17(13-16)33-21-12-15(24)11-20(22(21)23(26)30)28-19-8-7-14(2)10-18(19)25/h4-8,10-13,27-29H,3,9H2,1-2H3,(H2,26,30). The normalized spacial score (nSPS) is 11.2. The zero-order valence-electron chi connectivity index (χ0n) is 18.5. The molecular weight excluding hydrogens is 466 g/mol. The first-order valence-corrected chi connectivity index (χ1v) is 11.8. The highest BCUT2D eigenvalue weighted by Crippen LogP contribution is 2.34. The second kappa shape index (κ2) is 10.5. The first-order valence-electron chi connectivity index (χ1n) is 10.3. The average molecular weight is 491 g/mol. The number of primary amides is 1. The summed E-state index contributed by atoms with van der Waals surface area (Å²) >= 11 is 0. The van der Waals surface area contributed by atoms with Gasteiger partial charge in [0.05, 0.1) is 17.1 Å². The summed E-state index contributed by atoms with van der Waals surface area (Å²) in [5.41, 5.74) is 6.09. The fraction of sp³-hybridized carbons (Fsp3) is 0.174. The van der Waals surface area contributed by atoms with E-state index in [1.54, 1.807) is 13.0 Å². The molecule has 0 saturated carbocycles. The molecule has 3 rings (SSSR count). The van der Waals surface area contributed by atoms with E-state index < -0.39 is 27.8 Å². The van der Waals surface area contributed by atoms with Crippen molar-refractivity contribution in [2.75, 3.05) is 16.6 Å². The van der Waals surface area contributed by atoms with Crippen LogP contribution in [0.25, 0.3) is 0 Å². The van der Waals surface area contributed by atoms with Crippen molar-refractivity contribution < 1.29 is 26.7 Å². The lowest BCUT2D eigenvalue weighted by Crippen LogP contribution is -2.30. The zero-order valence-corrected chi connectivity index (χ0v) is 19.3. The lowest BCUT2D eigenvalue weighted by atomic mass is 10.1. The molecular formula is C23H24F2N4O4S. The van der Waals surface area contributed by atoms with Crippen molar-refractivity contribution >= 4 is 33.2 Å². The monoisotopic (exact) mass is 490 g/mol. The van der Waals surface area contributed by atoms with E-state index >= 15 is 0 Å². The van der Waals surface area contributed by atoms with Crippen LogP contribution in [-0.2, 0) is 10.2 Å². The van der Waals surface area contributed by atoms with E-state index in [4.69, 9.17) is 10.5 Å². The summed E-state index contributed by atoms with van der Waals surface area (Å²) in [6.45, 7) is 3.79.